The van der Waals surface area contributed by atoms with Crippen molar-refractivity contribution in [1.82, 2.24) is 9.80 Å². The van der Waals surface area contributed by atoms with Gasteiger partial charge in [-0.2, -0.15) is 10.5 Å². The number of morpholine rings is 1. The minimum Gasteiger partial charge on any atom is -0.379 e. The monoisotopic (exact) mass is 341 g/mol. The topological polar surface area (TPSA) is 92.4 Å². The maximum atomic E-state index is 12.3. The number of hydrogen-bond acceptors (Lipinski definition) is 6. The molecule has 1 N–H and O–H groups in total. The van der Waals surface area contributed by atoms with Gasteiger partial charge in [-0.25, -0.2) is 0 Å². The third kappa shape index (κ3) is 6.90. The van der Waals surface area contributed by atoms with E-state index in [1.807, 2.05) is 4.90 Å². The number of anilines is 1. The predicted molar refractivity (Wildman–Crippen MR) is 93.7 cm³/mol. The number of ether oxygens (including phenoxy) is 1. The number of benzene rings is 1. The standard InChI is InChI=1S/C18H23N5O2/c19-5-2-6-23(8-7-22-9-11-25-12-10-22)15-18(24)21-17-4-1-3-16(13-17)14-20/h1,3-4,13H,2,6-12,15H2,(H,21,24). The third-order valence-electron chi connectivity index (χ3n) is 4.02. The molecule has 1 heterocycles. The summed E-state index contributed by atoms with van der Waals surface area (Å²) in [6.07, 6.45) is 0.389. The van der Waals surface area contributed by atoms with Gasteiger partial charge in [0.2, 0.25) is 5.91 Å². The zero-order valence-corrected chi connectivity index (χ0v) is 14.3. The molecule has 0 spiro atoms. The molecule has 0 saturated carbocycles. The van der Waals surface area contributed by atoms with E-state index in [4.69, 9.17) is 15.3 Å². The number of nitriles is 2. The highest BCUT2D eigenvalue weighted by Crippen LogP contribution is 2.10. The summed E-state index contributed by atoms with van der Waals surface area (Å²) >= 11 is 0. The van der Waals surface area contributed by atoms with Crippen molar-refractivity contribution in [3.8, 4) is 12.1 Å². The molecule has 0 aliphatic carbocycles. The van der Waals surface area contributed by atoms with Crippen LogP contribution in [0.2, 0.25) is 0 Å². The number of hydrogen-bond donors (Lipinski definition) is 1. The van der Waals surface area contributed by atoms with E-state index in [9.17, 15) is 4.79 Å². The van der Waals surface area contributed by atoms with Crippen molar-refractivity contribution in [2.75, 3.05) is 57.8 Å². The maximum absolute atomic E-state index is 12.3. The van der Waals surface area contributed by atoms with E-state index in [-0.39, 0.29) is 12.5 Å². The molecular weight excluding hydrogens is 318 g/mol. The highest BCUT2D eigenvalue weighted by Gasteiger charge is 2.15. The Hall–Kier alpha value is -2.45. The van der Waals surface area contributed by atoms with Gasteiger partial charge in [-0.15, -0.1) is 0 Å². The van der Waals surface area contributed by atoms with Crippen molar-refractivity contribution >= 4 is 11.6 Å². The molecule has 0 bridgehead atoms. The lowest BCUT2D eigenvalue weighted by atomic mass is 10.2. The number of nitrogens with zero attached hydrogens (tertiary/aromatic N) is 4. The maximum Gasteiger partial charge on any atom is 0.238 e. The molecule has 1 aliphatic heterocycles. The van der Waals surface area contributed by atoms with Gasteiger partial charge in [0.15, 0.2) is 0 Å². The summed E-state index contributed by atoms with van der Waals surface area (Å²) in [5.74, 6) is -0.144. The zero-order valence-electron chi connectivity index (χ0n) is 14.3. The van der Waals surface area contributed by atoms with Crippen molar-refractivity contribution in [2.45, 2.75) is 6.42 Å². The number of carbonyl (C=O) groups excluding carboxylic acids is 1. The minimum absolute atomic E-state index is 0.144. The fraction of sp³-hybridized carbons (Fsp3) is 0.500. The molecule has 0 unspecified atom stereocenters. The summed E-state index contributed by atoms with van der Waals surface area (Å²) in [4.78, 5) is 16.6. The lowest BCUT2D eigenvalue weighted by Crippen LogP contribution is -2.43. The first-order valence-electron chi connectivity index (χ1n) is 8.40. The Labute approximate surface area is 148 Å². The van der Waals surface area contributed by atoms with Crippen molar-refractivity contribution in [2.24, 2.45) is 0 Å². The van der Waals surface area contributed by atoms with Gasteiger partial charge >= 0.3 is 0 Å². The molecule has 1 aromatic carbocycles. The molecule has 1 aliphatic rings. The Kier molecular flexibility index (Phi) is 7.87. The van der Waals surface area contributed by atoms with Crippen LogP contribution in [0.3, 0.4) is 0 Å². The molecular formula is C18H23N5O2. The van der Waals surface area contributed by atoms with Crippen molar-refractivity contribution in [3.05, 3.63) is 29.8 Å². The lowest BCUT2D eigenvalue weighted by Gasteiger charge is -2.29. The quantitative estimate of drug-likeness (QED) is 0.760. The summed E-state index contributed by atoms with van der Waals surface area (Å²) < 4.78 is 5.34. The van der Waals surface area contributed by atoms with Crippen LogP contribution in [0, 0.1) is 22.7 Å². The average molecular weight is 341 g/mol. The van der Waals surface area contributed by atoms with E-state index in [1.54, 1.807) is 24.3 Å². The summed E-state index contributed by atoms with van der Waals surface area (Å²) in [5.41, 5.74) is 1.11. The average Bonchev–Trinajstić information content (AvgIpc) is 2.65. The predicted octanol–water partition coefficient (Wildman–Crippen LogP) is 1.04. The fourth-order valence-corrected chi connectivity index (χ4v) is 2.66. The van der Waals surface area contributed by atoms with E-state index in [0.29, 0.717) is 24.2 Å². The highest BCUT2D eigenvalue weighted by molar-refractivity contribution is 5.92. The molecule has 132 valence electrons. The van der Waals surface area contributed by atoms with Crippen molar-refractivity contribution in [1.29, 1.82) is 10.5 Å². The van der Waals surface area contributed by atoms with Gasteiger partial charge in [-0.3, -0.25) is 14.6 Å². The third-order valence-corrected chi connectivity index (χ3v) is 4.02. The van der Waals surface area contributed by atoms with Gasteiger partial charge in [0.25, 0.3) is 0 Å². The SMILES string of the molecule is N#CCCN(CCN1CCOCC1)CC(=O)Nc1cccc(C#N)c1. The smallest absolute Gasteiger partial charge is 0.238 e. The van der Waals surface area contributed by atoms with Crippen LogP contribution in [-0.2, 0) is 9.53 Å². The first-order chi connectivity index (χ1) is 12.2. The number of amides is 1. The normalized spacial score (nSPS) is 14.7. The van der Waals surface area contributed by atoms with Crippen LogP contribution in [0.15, 0.2) is 24.3 Å². The minimum atomic E-state index is -0.144. The van der Waals surface area contributed by atoms with E-state index in [0.717, 1.165) is 39.4 Å². The molecule has 1 fully saturated rings. The highest BCUT2D eigenvalue weighted by atomic mass is 16.5. The molecule has 1 aromatic rings. The van der Waals surface area contributed by atoms with Gasteiger partial charge in [-0.05, 0) is 18.2 Å². The Balaban J connectivity index is 1.85. The van der Waals surface area contributed by atoms with Crippen molar-refractivity contribution < 1.29 is 9.53 Å². The van der Waals surface area contributed by atoms with Crippen LogP contribution in [0.25, 0.3) is 0 Å². The van der Waals surface area contributed by atoms with Gasteiger partial charge in [0, 0.05) is 44.8 Å². The Morgan fingerprint density at radius 3 is 2.80 bits per heavy atom. The van der Waals surface area contributed by atoms with Crippen LogP contribution in [-0.4, -0.2) is 68.2 Å². The zero-order chi connectivity index (χ0) is 17.9. The van der Waals surface area contributed by atoms with E-state index < -0.39 is 0 Å². The second-order valence-electron chi connectivity index (χ2n) is 5.88. The Morgan fingerprint density at radius 2 is 2.08 bits per heavy atom. The Bertz CT molecular complexity index is 644. The second-order valence-corrected chi connectivity index (χ2v) is 5.88. The van der Waals surface area contributed by atoms with Crippen LogP contribution in [0.5, 0.6) is 0 Å². The molecule has 1 saturated heterocycles. The van der Waals surface area contributed by atoms with Gasteiger partial charge in [0.1, 0.15) is 0 Å². The number of carbonyl (C=O) groups is 1. The molecule has 1 amide bonds. The molecule has 7 heteroatoms. The molecule has 0 aromatic heterocycles. The summed E-state index contributed by atoms with van der Waals surface area (Å²) in [6, 6.07) is 11.0. The van der Waals surface area contributed by atoms with Crippen molar-refractivity contribution in [3.63, 3.8) is 0 Å². The second kappa shape index (κ2) is 10.4. The number of nitrogens with one attached hydrogen (secondary N) is 1. The molecule has 0 radical (unpaired) electrons. The van der Waals surface area contributed by atoms with Crippen LogP contribution in [0.4, 0.5) is 5.69 Å². The van der Waals surface area contributed by atoms with Gasteiger partial charge < -0.3 is 10.1 Å². The fourth-order valence-electron chi connectivity index (χ4n) is 2.66. The largest absolute Gasteiger partial charge is 0.379 e. The molecule has 7 nitrogen and oxygen atoms in total. The van der Waals surface area contributed by atoms with E-state index in [2.05, 4.69) is 22.4 Å². The molecule has 2 rings (SSSR count). The molecule has 0 atom stereocenters. The lowest BCUT2D eigenvalue weighted by molar-refractivity contribution is -0.117. The van der Waals surface area contributed by atoms with Gasteiger partial charge in [-0.1, -0.05) is 6.07 Å². The summed E-state index contributed by atoms with van der Waals surface area (Å²) in [7, 11) is 0. The van der Waals surface area contributed by atoms with E-state index >= 15 is 0 Å². The summed E-state index contributed by atoms with van der Waals surface area (Å²) in [5, 5.41) is 20.6. The summed E-state index contributed by atoms with van der Waals surface area (Å²) in [6.45, 7) is 5.66. The van der Waals surface area contributed by atoms with Crippen LogP contribution < -0.4 is 5.32 Å². The molecule has 25 heavy (non-hydrogen) atoms. The first kappa shape index (κ1) is 18.9. The van der Waals surface area contributed by atoms with Crippen LogP contribution >= 0.6 is 0 Å². The number of rotatable bonds is 8. The van der Waals surface area contributed by atoms with Crippen LogP contribution in [0.1, 0.15) is 12.0 Å². The Morgan fingerprint density at radius 1 is 1.28 bits per heavy atom. The first-order valence-corrected chi connectivity index (χ1v) is 8.40. The van der Waals surface area contributed by atoms with Gasteiger partial charge in [0.05, 0.1) is 37.5 Å². The van der Waals surface area contributed by atoms with E-state index in [1.165, 1.54) is 0 Å².